The van der Waals surface area contributed by atoms with Gasteiger partial charge in [0.25, 0.3) is 0 Å². The van der Waals surface area contributed by atoms with Gasteiger partial charge in [-0.25, -0.2) is 0 Å². The summed E-state index contributed by atoms with van der Waals surface area (Å²) in [5.41, 5.74) is 0.343. The fourth-order valence-electron chi connectivity index (χ4n) is 2.54. The summed E-state index contributed by atoms with van der Waals surface area (Å²) in [5.74, 6) is 2.22. The van der Waals surface area contributed by atoms with E-state index in [4.69, 9.17) is 0 Å². The van der Waals surface area contributed by atoms with Gasteiger partial charge in [-0.2, -0.15) is 11.8 Å². The monoisotopic (exact) mass is 257 g/mol. The van der Waals surface area contributed by atoms with Crippen LogP contribution in [0.25, 0.3) is 0 Å². The highest BCUT2D eigenvalue weighted by Crippen LogP contribution is 2.34. The van der Waals surface area contributed by atoms with Crippen molar-refractivity contribution in [3.63, 3.8) is 0 Å². The molecule has 0 aliphatic carbocycles. The van der Waals surface area contributed by atoms with E-state index in [1.54, 1.807) is 0 Å². The SMILES string of the molecule is CSCCCN1CCC(C(C)(C)C)CCC1=O. The molecular formula is C14H27NOS. The molecule has 1 heterocycles. The molecule has 0 saturated carbocycles. The lowest BCUT2D eigenvalue weighted by Crippen LogP contribution is -2.31. The van der Waals surface area contributed by atoms with E-state index in [9.17, 15) is 4.79 Å². The average molecular weight is 257 g/mol. The van der Waals surface area contributed by atoms with Crippen LogP contribution in [0.1, 0.15) is 46.5 Å². The second-order valence-electron chi connectivity index (χ2n) is 6.12. The van der Waals surface area contributed by atoms with Gasteiger partial charge in [0.15, 0.2) is 0 Å². The molecule has 1 atom stereocenters. The van der Waals surface area contributed by atoms with E-state index in [2.05, 4.69) is 31.9 Å². The quantitative estimate of drug-likeness (QED) is 0.719. The third-order valence-electron chi connectivity index (χ3n) is 3.81. The van der Waals surface area contributed by atoms with E-state index in [1.165, 1.54) is 6.42 Å². The Hall–Kier alpha value is -0.180. The van der Waals surface area contributed by atoms with Gasteiger partial charge in [0.1, 0.15) is 0 Å². The molecule has 1 aliphatic heterocycles. The summed E-state index contributed by atoms with van der Waals surface area (Å²) >= 11 is 1.86. The Kier molecular flexibility index (Phi) is 5.84. The summed E-state index contributed by atoms with van der Waals surface area (Å²) in [4.78, 5) is 14.1. The summed E-state index contributed by atoms with van der Waals surface area (Å²) in [6.45, 7) is 8.81. The first kappa shape index (κ1) is 14.9. The maximum absolute atomic E-state index is 12.0. The van der Waals surface area contributed by atoms with Crippen molar-refractivity contribution in [3.8, 4) is 0 Å². The van der Waals surface area contributed by atoms with E-state index >= 15 is 0 Å². The molecule has 3 heteroatoms. The fraction of sp³-hybridized carbons (Fsp3) is 0.929. The Bertz CT molecular complexity index is 247. The van der Waals surface area contributed by atoms with Crippen LogP contribution in [0, 0.1) is 11.3 Å². The molecule has 17 heavy (non-hydrogen) atoms. The predicted octanol–water partition coefficient (Wildman–Crippen LogP) is 3.41. The Balaban J connectivity index is 2.46. The third kappa shape index (κ3) is 4.90. The maximum Gasteiger partial charge on any atom is 0.222 e. The number of hydrogen-bond acceptors (Lipinski definition) is 2. The molecule has 1 saturated heterocycles. The minimum atomic E-state index is 0.343. The fourth-order valence-corrected chi connectivity index (χ4v) is 2.96. The maximum atomic E-state index is 12.0. The molecule has 1 fully saturated rings. The molecular weight excluding hydrogens is 230 g/mol. The van der Waals surface area contributed by atoms with Gasteiger partial charge in [-0.15, -0.1) is 0 Å². The molecule has 0 bridgehead atoms. The van der Waals surface area contributed by atoms with Crippen molar-refractivity contribution in [1.82, 2.24) is 4.90 Å². The van der Waals surface area contributed by atoms with Crippen molar-refractivity contribution in [3.05, 3.63) is 0 Å². The van der Waals surface area contributed by atoms with Crippen molar-refractivity contribution in [2.75, 3.05) is 25.1 Å². The van der Waals surface area contributed by atoms with Gasteiger partial charge in [0.2, 0.25) is 5.91 Å². The number of carbonyl (C=O) groups excluding carboxylic acids is 1. The first-order valence-corrected chi connectivity index (χ1v) is 8.11. The van der Waals surface area contributed by atoms with Gasteiger partial charge in [0, 0.05) is 19.5 Å². The molecule has 0 N–H and O–H groups in total. The highest BCUT2D eigenvalue weighted by molar-refractivity contribution is 7.98. The van der Waals surface area contributed by atoms with Crippen LogP contribution in [-0.4, -0.2) is 35.9 Å². The van der Waals surface area contributed by atoms with E-state index in [0.29, 0.717) is 17.2 Å². The first-order valence-electron chi connectivity index (χ1n) is 6.72. The lowest BCUT2D eigenvalue weighted by Gasteiger charge is -2.29. The molecule has 100 valence electrons. The number of nitrogens with zero attached hydrogens (tertiary/aromatic N) is 1. The number of amides is 1. The number of thioether (sulfide) groups is 1. The number of carbonyl (C=O) groups is 1. The summed E-state index contributed by atoms with van der Waals surface area (Å²) in [7, 11) is 0. The highest BCUT2D eigenvalue weighted by Gasteiger charge is 2.29. The molecule has 1 amide bonds. The van der Waals surface area contributed by atoms with Crippen LogP contribution in [0.3, 0.4) is 0 Å². The van der Waals surface area contributed by atoms with Gasteiger partial charge in [0.05, 0.1) is 0 Å². The largest absolute Gasteiger partial charge is 0.343 e. The van der Waals surface area contributed by atoms with Crippen molar-refractivity contribution >= 4 is 17.7 Å². The van der Waals surface area contributed by atoms with Gasteiger partial charge in [-0.1, -0.05) is 20.8 Å². The molecule has 0 aromatic rings. The smallest absolute Gasteiger partial charge is 0.222 e. The topological polar surface area (TPSA) is 20.3 Å². The number of likely N-dealkylation sites (tertiary alicyclic amines) is 1. The summed E-state index contributed by atoms with van der Waals surface area (Å²) < 4.78 is 0. The predicted molar refractivity (Wildman–Crippen MR) is 76.4 cm³/mol. The van der Waals surface area contributed by atoms with Gasteiger partial charge < -0.3 is 4.90 Å². The second-order valence-corrected chi connectivity index (χ2v) is 7.10. The molecule has 2 nitrogen and oxygen atoms in total. The van der Waals surface area contributed by atoms with E-state index in [1.807, 2.05) is 11.8 Å². The van der Waals surface area contributed by atoms with E-state index in [-0.39, 0.29) is 0 Å². The summed E-state index contributed by atoms with van der Waals surface area (Å²) in [6.07, 6.45) is 6.25. The number of rotatable bonds is 4. The Morgan fingerprint density at radius 3 is 2.65 bits per heavy atom. The second kappa shape index (κ2) is 6.67. The van der Waals surface area contributed by atoms with Crippen LogP contribution in [0.4, 0.5) is 0 Å². The zero-order valence-electron chi connectivity index (χ0n) is 11.8. The molecule has 1 aliphatic rings. The van der Waals surface area contributed by atoms with Crippen LogP contribution in [0.2, 0.25) is 0 Å². The van der Waals surface area contributed by atoms with Crippen LogP contribution in [-0.2, 0) is 4.79 Å². The lowest BCUT2D eigenvalue weighted by molar-refractivity contribution is -0.130. The standard InChI is InChI=1S/C14H27NOS/c1-14(2,3)12-6-7-13(16)15(10-8-12)9-5-11-17-4/h12H,5-11H2,1-4H3. The molecule has 0 spiro atoms. The Morgan fingerprint density at radius 2 is 2.06 bits per heavy atom. The zero-order chi connectivity index (χ0) is 12.9. The molecule has 0 aromatic heterocycles. The average Bonchev–Trinajstić information content (AvgIpc) is 2.41. The first-order chi connectivity index (χ1) is 7.95. The van der Waals surface area contributed by atoms with Gasteiger partial charge in [-0.05, 0) is 42.6 Å². The summed E-state index contributed by atoms with van der Waals surface area (Å²) in [5, 5.41) is 0. The van der Waals surface area contributed by atoms with Crippen LogP contribution in [0.15, 0.2) is 0 Å². The zero-order valence-corrected chi connectivity index (χ0v) is 12.6. The minimum Gasteiger partial charge on any atom is -0.343 e. The van der Waals surface area contributed by atoms with Crippen molar-refractivity contribution in [1.29, 1.82) is 0 Å². The van der Waals surface area contributed by atoms with Crippen LogP contribution < -0.4 is 0 Å². The van der Waals surface area contributed by atoms with Crippen molar-refractivity contribution in [2.24, 2.45) is 11.3 Å². The Labute approximate surface area is 111 Å². The minimum absolute atomic E-state index is 0.343. The molecule has 0 aromatic carbocycles. The van der Waals surface area contributed by atoms with E-state index < -0.39 is 0 Å². The van der Waals surface area contributed by atoms with E-state index in [0.717, 1.165) is 38.1 Å². The number of hydrogen-bond donors (Lipinski definition) is 0. The van der Waals surface area contributed by atoms with Crippen LogP contribution >= 0.6 is 11.8 Å². The summed E-state index contributed by atoms with van der Waals surface area (Å²) in [6, 6.07) is 0. The van der Waals surface area contributed by atoms with Crippen LogP contribution in [0.5, 0.6) is 0 Å². The van der Waals surface area contributed by atoms with Crippen molar-refractivity contribution < 1.29 is 4.79 Å². The molecule has 1 unspecified atom stereocenters. The van der Waals surface area contributed by atoms with Crippen molar-refractivity contribution in [2.45, 2.75) is 46.5 Å². The third-order valence-corrected chi connectivity index (χ3v) is 4.51. The normalized spacial score (nSPS) is 22.7. The van der Waals surface area contributed by atoms with Gasteiger partial charge >= 0.3 is 0 Å². The highest BCUT2D eigenvalue weighted by atomic mass is 32.2. The molecule has 1 rings (SSSR count). The van der Waals surface area contributed by atoms with Gasteiger partial charge in [-0.3, -0.25) is 4.79 Å². The lowest BCUT2D eigenvalue weighted by atomic mass is 9.77. The molecule has 0 radical (unpaired) electrons. The Morgan fingerprint density at radius 1 is 1.35 bits per heavy atom.